The van der Waals surface area contributed by atoms with E-state index in [4.69, 9.17) is 4.74 Å². The molecule has 0 radical (unpaired) electrons. The Kier molecular flexibility index (Phi) is 5.98. The highest BCUT2D eigenvalue weighted by atomic mass is 19.1. The van der Waals surface area contributed by atoms with Gasteiger partial charge in [0.25, 0.3) is 0 Å². The highest BCUT2D eigenvalue weighted by Gasteiger charge is 2.42. The molecule has 0 bridgehead atoms. The van der Waals surface area contributed by atoms with Crippen molar-refractivity contribution in [2.75, 3.05) is 26.2 Å². The molecule has 1 aromatic carbocycles. The van der Waals surface area contributed by atoms with E-state index in [9.17, 15) is 9.18 Å². The van der Waals surface area contributed by atoms with Gasteiger partial charge in [0, 0.05) is 30.7 Å². The van der Waals surface area contributed by atoms with Gasteiger partial charge < -0.3 is 10.1 Å². The van der Waals surface area contributed by atoms with Gasteiger partial charge in [0.15, 0.2) is 0 Å². The van der Waals surface area contributed by atoms with Crippen molar-refractivity contribution >= 4 is 5.97 Å². The van der Waals surface area contributed by atoms with Gasteiger partial charge in [-0.1, -0.05) is 30.3 Å². The fraction of sp³-hybridized carbons (Fsp3) is 0.455. The van der Waals surface area contributed by atoms with Gasteiger partial charge in [0.05, 0.1) is 12.1 Å². The number of aromatic nitrogens is 1. The molecule has 28 heavy (non-hydrogen) atoms. The summed E-state index contributed by atoms with van der Waals surface area (Å²) in [6, 6.07) is 13.3. The third-order valence-corrected chi connectivity index (χ3v) is 5.83. The minimum Gasteiger partial charge on any atom is -0.461 e. The number of nitrogens with zero attached hydrogens (tertiary/aromatic N) is 2. The van der Waals surface area contributed by atoms with Crippen molar-refractivity contribution in [2.24, 2.45) is 5.92 Å². The molecular formula is C22H26FN3O2. The first kappa shape index (κ1) is 19.0. The third-order valence-electron chi connectivity index (χ3n) is 5.83. The molecule has 2 aliphatic rings. The largest absolute Gasteiger partial charge is 0.461 e. The second-order valence-corrected chi connectivity index (χ2v) is 7.64. The van der Waals surface area contributed by atoms with Crippen LogP contribution in [0.3, 0.4) is 0 Å². The van der Waals surface area contributed by atoms with Crippen LogP contribution in [0, 0.1) is 11.7 Å². The number of pyridine rings is 1. The zero-order chi connectivity index (χ0) is 19.3. The van der Waals surface area contributed by atoms with Crippen molar-refractivity contribution < 1.29 is 13.9 Å². The number of piperidine rings is 1. The summed E-state index contributed by atoms with van der Waals surface area (Å²) in [5.74, 6) is -0.910. The molecule has 0 amide bonds. The maximum Gasteiger partial charge on any atom is 0.311 e. The van der Waals surface area contributed by atoms with Gasteiger partial charge >= 0.3 is 5.97 Å². The van der Waals surface area contributed by atoms with Crippen LogP contribution in [0.15, 0.2) is 48.7 Å². The van der Waals surface area contributed by atoms with Gasteiger partial charge in [-0.3, -0.25) is 14.7 Å². The predicted molar refractivity (Wildman–Crippen MR) is 104 cm³/mol. The molecule has 2 saturated heterocycles. The van der Waals surface area contributed by atoms with Crippen LogP contribution in [0.5, 0.6) is 0 Å². The minimum absolute atomic E-state index is 0.0706. The SMILES string of the molecule is O=C(OCc1ccccc1)[C@H]1CN(C2CCNCC2)C[C@@H]1c1ccc(F)cn1. The second-order valence-electron chi connectivity index (χ2n) is 7.64. The van der Waals surface area contributed by atoms with Gasteiger partial charge in [-0.05, 0) is 43.6 Å². The lowest BCUT2D eigenvalue weighted by Gasteiger charge is -2.31. The Balaban J connectivity index is 1.49. The molecule has 2 aromatic rings. The normalized spacial score (nSPS) is 23.6. The van der Waals surface area contributed by atoms with Crippen molar-refractivity contribution in [3.05, 3.63) is 65.7 Å². The average Bonchev–Trinajstić information content (AvgIpc) is 3.19. The minimum atomic E-state index is -0.361. The number of ether oxygens (including phenoxy) is 1. The summed E-state index contributed by atoms with van der Waals surface area (Å²) in [4.78, 5) is 19.6. The number of nitrogens with one attached hydrogen (secondary N) is 1. The monoisotopic (exact) mass is 383 g/mol. The Morgan fingerprint density at radius 2 is 1.93 bits per heavy atom. The van der Waals surface area contributed by atoms with Gasteiger partial charge in [-0.2, -0.15) is 0 Å². The summed E-state index contributed by atoms with van der Waals surface area (Å²) in [6.07, 6.45) is 3.39. The molecule has 6 heteroatoms. The summed E-state index contributed by atoms with van der Waals surface area (Å²) in [7, 11) is 0. The van der Waals surface area contributed by atoms with E-state index in [1.54, 1.807) is 6.07 Å². The van der Waals surface area contributed by atoms with Gasteiger partial charge in [0.1, 0.15) is 12.4 Å². The molecule has 0 aliphatic carbocycles. The van der Waals surface area contributed by atoms with E-state index in [0.29, 0.717) is 12.6 Å². The zero-order valence-corrected chi connectivity index (χ0v) is 15.9. The number of likely N-dealkylation sites (tertiary alicyclic amines) is 1. The molecule has 0 spiro atoms. The third kappa shape index (κ3) is 4.39. The summed E-state index contributed by atoms with van der Waals surface area (Å²) in [5.41, 5.74) is 1.74. The molecule has 2 aliphatic heterocycles. The first-order chi connectivity index (χ1) is 13.7. The van der Waals surface area contributed by atoms with Crippen molar-refractivity contribution in [3.63, 3.8) is 0 Å². The number of benzene rings is 1. The lowest BCUT2D eigenvalue weighted by molar-refractivity contribution is -0.150. The Morgan fingerprint density at radius 1 is 1.14 bits per heavy atom. The van der Waals surface area contributed by atoms with Crippen LogP contribution in [-0.4, -0.2) is 48.1 Å². The Hall–Kier alpha value is -2.31. The van der Waals surface area contributed by atoms with E-state index in [1.165, 1.54) is 12.3 Å². The van der Waals surface area contributed by atoms with Crippen molar-refractivity contribution in [1.82, 2.24) is 15.2 Å². The molecule has 148 valence electrons. The molecule has 4 rings (SSSR count). The Bertz CT molecular complexity index is 778. The van der Waals surface area contributed by atoms with E-state index >= 15 is 0 Å². The molecule has 0 unspecified atom stereocenters. The Morgan fingerprint density at radius 3 is 2.64 bits per heavy atom. The van der Waals surface area contributed by atoms with E-state index in [0.717, 1.165) is 43.7 Å². The first-order valence-electron chi connectivity index (χ1n) is 9.97. The van der Waals surface area contributed by atoms with Crippen molar-refractivity contribution in [1.29, 1.82) is 0 Å². The zero-order valence-electron chi connectivity index (χ0n) is 15.9. The average molecular weight is 383 g/mol. The summed E-state index contributed by atoms with van der Waals surface area (Å²) in [6.45, 7) is 3.71. The fourth-order valence-electron chi connectivity index (χ4n) is 4.29. The molecular weight excluding hydrogens is 357 g/mol. The number of carbonyl (C=O) groups excluding carboxylic acids is 1. The molecule has 1 aromatic heterocycles. The summed E-state index contributed by atoms with van der Waals surface area (Å²) >= 11 is 0. The van der Waals surface area contributed by atoms with E-state index in [2.05, 4.69) is 15.2 Å². The molecule has 5 nitrogen and oxygen atoms in total. The predicted octanol–water partition coefficient (Wildman–Crippen LogP) is 2.73. The fourth-order valence-corrected chi connectivity index (χ4v) is 4.29. The standard InChI is InChI=1S/C22H26FN3O2/c23-17-6-7-21(25-12-17)19-13-26(18-8-10-24-11-9-18)14-20(19)22(27)28-15-16-4-2-1-3-5-16/h1-7,12,18-20,24H,8-11,13-15H2/t19-,20-/m0/s1. The molecule has 0 saturated carbocycles. The molecule has 2 fully saturated rings. The van der Waals surface area contributed by atoms with Crippen LogP contribution >= 0.6 is 0 Å². The van der Waals surface area contributed by atoms with Gasteiger partial charge in [0.2, 0.25) is 0 Å². The summed E-state index contributed by atoms with van der Waals surface area (Å²) < 4.78 is 19.0. The number of rotatable bonds is 5. The number of hydrogen-bond donors (Lipinski definition) is 1. The quantitative estimate of drug-likeness (QED) is 0.805. The maximum atomic E-state index is 13.3. The maximum absolute atomic E-state index is 13.3. The van der Waals surface area contributed by atoms with E-state index < -0.39 is 0 Å². The van der Waals surface area contributed by atoms with E-state index in [1.807, 2.05) is 30.3 Å². The van der Waals surface area contributed by atoms with Gasteiger partial charge in [-0.25, -0.2) is 4.39 Å². The number of hydrogen-bond acceptors (Lipinski definition) is 5. The second kappa shape index (κ2) is 8.80. The number of carbonyl (C=O) groups is 1. The highest BCUT2D eigenvalue weighted by Crippen LogP contribution is 2.35. The van der Waals surface area contributed by atoms with Crippen molar-refractivity contribution in [2.45, 2.75) is 31.4 Å². The lowest BCUT2D eigenvalue weighted by Crippen LogP contribution is -2.42. The van der Waals surface area contributed by atoms with Crippen LogP contribution in [-0.2, 0) is 16.1 Å². The smallest absolute Gasteiger partial charge is 0.311 e. The van der Waals surface area contributed by atoms with Gasteiger partial charge in [-0.15, -0.1) is 0 Å². The topological polar surface area (TPSA) is 54.5 Å². The van der Waals surface area contributed by atoms with E-state index in [-0.39, 0.29) is 30.2 Å². The number of esters is 1. The van der Waals surface area contributed by atoms with Crippen LogP contribution < -0.4 is 5.32 Å². The lowest BCUT2D eigenvalue weighted by atomic mass is 9.92. The van der Waals surface area contributed by atoms with Crippen LogP contribution in [0.25, 0.3) is 0 Å². The molecule has 3 heterocycles. The van der Waals surface area contributed by atoms with Crippen molar-refractivity contribution in [3.8, 4) is 0 Å². The molecule has 1 N–H and O–H groups in total. The molecule has 2 atom stereocenters. The van der Waals surface area contributed by atoms with Crippen LogP contribution in [0.1, 0.15) is 30.0 Å². The first-order valence-corrected chi connectivity index (χ1v) is 9.97. The summed E-state index contributed by atoms with van der Waals surface area (Å²) in [5, 5.41) is 3.39. The highest BCUT2D eigenvalue weighted by molar-refractivity contribution is 5.74. The van der Waals surface area contributed by atoms with Crippen LogP contribution in [0.4, 0.5) is 4.39 Å². The Labute approximate surface area is 164 Å². The van der Waals surface area contributed by atoms with Crippen LogP contribution in [0.2, 0.25) is 0 Å². The number of halogens is 1.